The van der Waals surface area contributed by atoms with Gasteiger partial charge in [0.2, 0.25) is 0 Å². The van der Waals surface area contributed by atoms with Crippen LogP contribution in [0.5, 0.6) is 5.75 Å². The summed E-state index contributed by atoms with van der Waals surface area (Å²) in [5.41, 5.74) is 0.937. The molecule has 2 aromatic carbocycles. The second kappa shape index (κ2) is 13.0. The number of thioether (sulfide) groups is 1. The Hall–Kier alpha value is -2.10. The van der Waals surface area contributed by atoms with E-state index in [1.165, 1.54) is 25.7 Å². The summed E-state index contributed by atoms with van der Waals surface area (Å²) in [6.45, 7) is 9.68. The lowest BCUT2D eigenvalue weighted by Gasteiger charge is -2.47. The minimum Gasteiger partial charge on any atom is -0.508 e. The van der Waals surface area contributed by atoms with Crippen LogP contribution in [0.25, 0.3) is 0 Å². The fourth-order valence-corrected chi connectivity index (χ4v) is 7.70. The number of benzene rings is 2. The van der Waals surface area contributed by atoms with Gasteiger partial charge in [-0.2, -0.15) is 0 Å². The molecule has 7 nitrogen and oxygen atoms in total. The predicted octanol–water partition coefficient (Wildman–Crippen LogP) is 4.95. The highest BCUT2D eigenvalue weighted by Gasteiger charge is 2.52. The average Bonchev–Trinajstić information content (AvgIpc) is 3.69. The Labute approximate surface area is 249 Å². The standard InChI is InChI=1S/C33H47N3O4S/c1-21-25(15-10-16-28(21)37)31(39)34-26(20-41-24-13-6-5-7-14-24)29(38)19-36-18-23-12-9-8-11-22(23)17-27(36)30-32(40-30)35-33(2,3)4/h5-7,10,13-16,22-23,26-27,29-30,32,35,37-38H,8-9,11-12,17-20H2,1-4H3,(H,34,39)/t22-,23+,26?,27?,29+,30?,32?/m0/s1. The molecule has 5 rings (SSSR count). The molecule has 2 aromatic rings. The molecule has 41 heavy (non-hydrogen) atoms. The first-order valence-corrected chi connectivity index (χ1v) is 16.2. The maximum absolute atomic E-state index is 13.4. The molecule has 4 N–H and O–H groups in total. The fourth-order valence-electron chi connectivity index (χ4n) is 6.68. The number of aliphatic hydroxyl groups is 1. The van der Waals surface area contributed by atoms with Crippen molar-refractivity contribution >= 4 is 17.7 Å². The number of rotatable bonds is 10. The van der Waals surface area contributed by atoms with Gasteiger partial charge in [-0.15, -0.1) is 11.8 Å². The number of amides is 1. The molecule has 1 aliphatic carbocycles. The summed E-state index contributed by atoms with van der Waals surface area (Å²) in [7, 11) is 0. The summed E-state index contributed by atoms with van der Waals surface area (Å²) in [6, 6.07) is 14.8. The molecule has 3 aliphatic rings. The number of β-amino-alcohol motifs (C(OH)–C–C–N with tert-alkyl or cyclic N) is 1. The number of piperidine rings is 1. The number of hydrogen-bond acceptors (Lipinski definition) is 7. The number of aromatic hydroxyl groups is 1. The molecule has 1 amide bonds. The number of aliphatic hydroxyl groups excluding tert-OH is 1. The summed E-state index contributed by atoms with van der Waals surface area (Å²) in [6.07, 6.45) is 5.63. The quantitative estimate of drug-likeness (QED) is 0.233. The van der Waals surface area contributed by atoms with Crippen molar-refractivity contribution in [1.82, 2.24) is 15.5 Å². The number of likely N-dealkylation sites (tertiary alicyclic amines) is 1. The molecule has 7 atom stereocenters. The monoisotopic (exact) mass is 581 g/mol. The third kappa shape index (κ3) is 7.85. The highest BCUT2D eigenvalue weighted by molar-refractivity contribution is 7.99. The molecule has 0 bridgehead atoms. The molecule has 0 spiro atoms. The number of carbonyl (C=O) groups is 1. The minimum atomic E-state index is -0.761. The van der Waals surface area contributed by atoms with Gasteiger partial charge in [-0.3, -0.25) is 15.0 Å². The topological polar surface area (TPSA) is 97.4 Å². The first-order chi connectivity index (χ1) is 19.6. The zero-order valence-electron chi connectivity index (χ0n) is 24.9. The first kappa shape index (κ1) is 30.4. The van der Waals surface area contributed by atoms with Crippen molar-refractivity contribution < 1.29 is 19.7 Å². The Morgan fingerprint density at radius 3 is 2.56 bits per heavy atom. The van der Waals surface area contributed by atoms with Crippen LogP contribution in [0.3, 0.4) is 0 Å². The lowest BCUT2D eigenvalue weighted by Crippen LogP contribution is -2.57. The molecule has 0 aromatic heterocycles. The molecule has 3 fully saturated rings. The van der Waals surface area contributed by atoms with Gasteiger partial charge in [0.05, 0.1) is 12.1 Å². The van der Waals surface area contributed by atoms with E-state index in [1.807, 2.05) is 30.3 Å². The zero-order chi connectivity index (χ0) is 29.1. The van der Waals surface area contributed by atoms with Crippen LogP contribution >= 0.6 is 11.8 Å². The molecule has 0 radical (unpaired) electrons. The van der Waals surface area contributed by atoms with Crippen LogP contribution in [0, 0.1) is 18.8 Å². The van der Waals surface area contributed by atoms with Gasteiger partial charge in [-0.05, 0) is 76.6 Å². The van der Waals surface area contributed by atoms with Crippen molar-refractivity contribution in [3.8, 4) is 5.75 Å². The van der Waals surface area contributed by atoms with Crippen LogP contribution in [0.15, 0.2) is 53.4 Å². The lowest BCUT2D eigenvalue weighted by molar-refractivity contribution is -0.00846. The molecule has 2 aliphatic heterocycles. The largest absolute Gasteiger partial charge is 0.508 e. The van der Waals surface area contributed by atoms with Crippen molar-refractivity contribution in [3.63, 3.8) is 0 Å². The minimum absolute atomic E-state index is 0.0279. The van der Waals surface area contributed by atoms with E-state index in [2.05, 4.69) is 36.3 Å². The number of epoxide rings is 1. The Bertz CT molecular complexity index is 1170. The summed E-state index contributed by atoms with van der Waals surface area (Å²) in [5.74, 6) is 1.72. The van der Waals surface area contributed by atoms with Gasteiger partial charge < -0.3 is 20.3 Å². The number of nitrogens with one attached hydrogen (secondary N) is 2. The Balaban J connectivity index is 1.32. The maximum Gasteiger partial charge on any atom is 0.252 e. The molecule has 2 heterocycles. The number of phenols is 1. The first-order valence-electron chi connectivity index (χ1n) is 15.2. The van der Waals surface area contributed by atoms with Gasteiger partial charge in [-0.1, -0.05) is 43.5 Å². The van der Waals surface area contributed by atoms with Gasteiger partial charge in [0.1, 0.15) is 18.1 Å². The zero-order valence-corrected chi connectivity index (χ0v) is 25.7. The van der Waals surface area contributed by atoms with Crippen molar-refractivity contribution in [3.05, 3.63) is 59.7 Å². The number of phenolic OH excluding ortho intramolecular Hbond substituents is 1. The van der Waals surface area contributed by atoms with E-state index >= 15 is 0 Å². The summed E-state index contributed by atoms with van der Waals surface area (Å²) >= 11 is 1.63. The Morgan fingerprint density at radius 2 is 1.83 bits per heavy atom. The van der Waals surface area contributed by atoms with E-state index in [1.54, 1.807) is 36.9 Å². The number of hydrogen-bond donors (Lipinski definition) is 4. The van der Waals surface area contributed by atoms with Crippen molar-refractivity contribution in [2.24, 2.45) is 11.8 Å². The van der Waals surface area contributed by atoms with Crippen LogP contribution < -0.4 is 10.6 Å². The van der Waals surface area contributed by atoms with E-state index in [0.29, 0.717) is 29.3 Å². The van der Waals surface area contributed by atoms with Gasteiger partial charge >= 0.3 is 0 Å². The van der Waals surface area contributed by atoms with Crippen LogP contribution in [0.1, 0.15) is 68.8 Å². The number of ether oxygens (including phenoxy) is 1. The van der Waals surface area contributed by atoms with Crippen LogP contribution in [-0.2, 0) is 4.74 Å². The summed E-state index contributed by atoms with van der Waals surface area (Å²) in [4.78, 5) is 16.9. The lowest BCUT2D eigenvalue weighted by atomic mass is 9.72. The second-order valence-electron chi connectivity index (χ2n) is 13.2. The average molecular weight is 582 g/mol. The van der Waals surface area contributed by atoms with Gasteiger partial charge in [0, 0.05) is 46.4 Å². The molecular weight excluding hydrogens is 534 g/mol. The third-order valence-electron chi connectivity index (χ3n) is 8.95. The summed E-state index contributed by atoms with van der Waals surface area (Å²) < 4.78 is 6.20. The fraction of sp³-hybridized carbons (Fsp3) is 0.606. The molecule has 1 saturated carbocycles. The van der Waals surface area contributed by atoms with Crippen molar-refractivity contribution in [1.29, 1.82) is 0 Å². The van der Waals surface area contributed by atoms with Crippen LogP contribution in [0.2, 0.25) is 0 Å². The van der Waals surface area contributed by atoms with Gasteiger partial charge in [-0.25, -0.2) is 0 Å². The van der Waals surface area contributed by atoms with E-state index in [-0.39, 0.29) is 35.6 Å². The molecule has 4 unspecified atom stereocenters. The second-order valence-corrected chi connectivity index (χ2v) is 14.3. The number of carbonyl (C=O) groups excluding carboxylic acids is 1. The van der Waals surface area contributed by atoms with Crippen molar-refractivity contribution in [2.75, 3.05) is 18.8 Å². The van der Waals surface area contributed by atoms with Gasteiger partial charge in [0.15, 0.2) is 0 Å². The molecule has 8 heteroatoms. The molecular formula is C33H47N3O4S. The van der Waals surface area contributed by atoms with Crippen LogP contribution in [-0.4, -0.2) is 75.9 Å². The predicted molar refractivity (Wildman–Crippen MR) is 164 cm³/mol. The highest BCUT2D eigenvalue weighted by Crippen LogP contribution is 2.43. The Kier molecular flexibility index (Phi) is 9.66. The number of fused-ring (bicyclic) bond motifs is 1. The molecule has 224 valence electrons. The normalized spacial score (nSPS) is 28.0. The van der Waals surface area contributed by atoms with E-state index < -0.39 is 12.1 Å². The summed E-state index contributed by atoms with van der Waals surface area (Å²) in [5, 5.41) is 28.7. The SMILES string of the molecule is Cc1c(O)cccc1C(=O)NC(CSc1ccccc1)[C@H](O)CN1C[C@H]2CCCC[C@H]2CC1C1OC1NC(C)(C)C. The van der Waals surface area contributed by atoms with Crippen molar-refractivity contribution in [2.45, 2.75) is 101 Å². The van der Waals surface area contributed by atoms with Crippen LogP contribution in [0.4, 0.5) is 0 Å². The number of nitrogens with zero attached hydrogens (tertiary/aromatic N) is 1. The van der Waals surface area contributed by atoms with E-state index in [9.17, 15) is 15.0 Å². The smallest absolute Gasteiger partial charge is 0.252 e. The van der Waals surface area contributed by atoms with E-state index in [4.69, 9.17) is 4.74 Å². The third-order valence-corrected chi connectivity index (χ3v) is 10.1. The van der Waals surface area contributed by atoms with E-state index in [0.717, 1.165) is 23.8 Å². The Morgan fingerprint density at radius 1 is 1.10 bits per heavy atom. The highest BCUT2D eigenvalue weighted by atomic mass is 32.2. The maximum atomic E-state index is 13.4. The van der Waals surface area contributed by atoms with Gasteiger partial charge in [0.25, 0.3) is 5.91 Å². The molecule has 2 saturated heterocycles.